The predicted octanol–water partition coefficient (Wildman–Crippen LogP) is 4.52. The highest BCUT2D eigenvalue weighted by Gasteiger charge is 2.32. The first-order valence-electron chi connectivity index (χ1n) is 8.47. The first kappa shape index (κ1) is 16.8. The van der Waals surface area contributed by atoms with Crippen molar-refractivity contribution < 1.29 is 0 Å². The Labute approximate surface area is 134 Å². The molecule has 1 fully saturated rings. The molecule has 0 aliphatic heterocycles. The number of aromatic nitrogens is 2. The molecule has 1 saturated carbocycles. The van der Waals surface area contributed by atoms with E-state index in [1.807, 2.05) is 0 Å². The second kappa shape index (κ2) is 7.64. The Morgan fingerprint density at radius 1 is 1.38 bits per heavy atom. The summed E-state index contributed by atoms with van der Waals surface area (Å²) in [6, 6.07) is 2.66. The van der Waals surface area contributed by atoms with E-state index < -0.39 is 0 Å². The minimum atomic E-state index is 0.118. The quantitative estimate of drug-likeness (QED) is 0.750. The van der Waals surface area contributed by atoms with Crippen molar-refractivity contribution in [3.63, 3.8) is 0 Å². The van der Waals surface area contributed by atoms with Crippen molar-refractivity contribution in [2.75, 3.05) is 5.88 Å². The summed E-state index contributed by atoms with van der Waals surface area (Å²) >= 11 is 6.26. The van der Waals surface area contributed by atoms with Gasteiger partial charge in [-0.15, -0.1) is 11.6 Å². The van der Waals surface area contributed by atoms with E-state index in [1.165, 1.54) is 25.7 Å². The van der Waals surface area contributed by atoms with Gasteiger partial charge >= 0.3 is 0 Å². The topological polar surface area (TPSA) is 29.9 Å². The lowest BCUT2D eigenvalue weighted by Gasteiger charge is -2.38. The summed E-state index contributed by atoms with van der Waals surface area (Å²) in [6.07, 6.45) is 9.31. The molecule has 120 valence electrons. The number of hydrogen-bond donors (Lipinski definition) is 1. The molecule has 1 aromatic heterocycles. The maximum atomic E-state index is 6.26. The molecule has 2 rings (SSSR count). The fourth-order valence-corrected chi connectivity index (χ4v) is 3.65. The third-order valence-corrected chi connectivity index (χ3v) is 5.62. The molecule has 0 radical (unpaired) electrons. The molecule has 21 heavy (non-hydrogen) atoms. The molecular weight excluding hydrogens is 282 g/mol. The van der Waals surface area contributed by atoms with E-state index in [-0.39, 0.29) is 5.54 Å². The van der Waals surface area contributed by atoms with Crippen LogP contribution in [0.5, 0.6) is 0 Å². The summed E-state index contributed by atoms with van der Waals surface area (Å²) in [6.45, 7) is 7.61. The van der Waals surface area contributed by atoms with Crippen LogP contribution >= 0.6 is 11.6 Å². The minimum absolute atomic E-state index is 0.118. The second-order valence-corrected chi connectivity index (χ2v) is 6.97. The van der Waals surface area contributed by atoms with Crippen LogP contribution in [0.25, 0.3) is 0 Å². The van der Waals surface area contributed by atoms with E-state index in [2.05, 4.69) is 43.0 Å². The van der Waals surface area contributed by atoms with Gasteiger partial charge in [0.25, 0.3) is 0 Å². The first-order valence-corrected chi connectivity index (χ1v) is 9.01. The van der Waals surface area contributed by atoms with Crippen LogP contribution in [0, 0.1) is 5.92 Å². The van der Waals surface area contributed by atoms with Gasteiger partial charge in [0.1, 0.15) is 0 Å². The van der Waals surface area contributed by atoms with Crippen LogP contribution in [0.4, 0.5) is 0 Å². The molecule has 0 atom stereocenters. The molecule has 0 saturated heterocycles. The number of alkyl halides is 1. The van der Waals surface area contributed by atoms with Crippen molar-refractivity contribution >= 4 is 11.6 Å². The van der Waals surface area contributed by atoms with Gasteiger partial charge in [0, 0.05) is 24.2 Å². The molecule has 1 aromatic rings. The number of nitrogens with zero attached hydrogens (tertiary/aromatic N) is 2. The van der Waals surface area contributed by atoms with Crippen molar-refractivity contribution in [1.29, 1.82) is 0 Å². The molecule has 0 spiro atoms. The Balaban J connectivity index is 1.92. The highest BCUT2D eigenvalue weighted by molar-refractivity contribution is 6.18. The zero-order valence-corrected chi connectivity index (χ0v) is 14.5. The summed E-state index contributed by atoms with van der Waals surface area (Å²) in [4.78, 5) is 0. The lowest BCUT2D eigenvalue weighted by molar-refractivity contribution is 0.215. The van der Waals surface area contributed by atoms with Crippen LogP contribution in [0.15, 0.2) is 12.3 Å². The monoisotopic (exact) mass is 311 g/mol. The molecule has 0 aromatic carbocycles. The van der Waals surface area contributed by atoms with Crippen LogP contribution in [0.2, 0.25) is 0 Å². The van der Waals surface area contributed by atoms with Gasteiger partial charge in [-0.3, -0.25) is 4.68 Å². The molecule has 1 heterocycles. The smallest absolute Gasteiger partial charge is 0.0762 e. The van der Waals surface area contributed by atoms with Crippen LogP contribution in [-0.2, 0) is 6.54 Å². The largest absolute Gasteiger partial charge is 0.304 e. The normalized spacial score (nSPS) is 26.4. The lowest BCUT2D eigenvalue weighted by Crippen LogP contribution is -2.49. The lowest BCUT2D eigenvalue weighted by atomic mass is 9.78. The molecule has 3 nitrogen and oxygen atoms in total. The number of rotatable bonds is 7. The molecule has 1 aliphatic rings. The summed E-state index contributed by atoms with van der Waals surface area (Å²) < 4.78 is 2.12. The van der Waals surface area contributed by atoms with Crippen LogP contribution in [0.3, 0.4) is 0 Å². The Morgan fingerprint density at radius 2 is 2.05 bits per heavy atom. The second-order valence-electron chi connectivity index (χ2n) is 6.71. The van der Waals surface area contributed by atoms with Gasteiger partial charge < -0.3 is 5.32 Å². The number of halogens is 1. The third-order valence-electron chi connectivity index (χ3n) is 5.11. The van der Waals surface area contributed by atoms with Crippen molar-refractivity contribution in [3.8, 4) is 0 Å². The average molecular weight is 312 g/mol. The Kier molecular flexibility index (Phi) is 6.12. The summed E-state index contributed by atoms with van der Waals surface area (Å²) in [5, 5.41) is 8.43. The summed E-state index contributed by atoms with van der Waals surface area (Å²) in [5.74, 6) is 1.55. The minimum Gasteiger partial charge on any atom is -0.304 e. The van der Waals surface area contributed by atoms with Crippen molar-refractivity contribution in [1.82, 2.24) is 15.1 Å². The van der Waals surface area contributed by atoms with Crippen LogP contribution < -0.4 is 5.32 Å². The Hall–Kier alpha value is -0.540. The molecular formula is C17H30ClN3. The van der Waals surface area contributed by atoms with Crippen LogP contribution in [-0.4, -0.2) is 21.2 Å². The van der Waals surface area contributed by atoms with E-state index in [9.17, 15) is 0 Å². The maximum Gasteiger partial charge on any atom is 0.0762 e. The average Bonchev–Trinajstić information content (AvgIpc) is 2.97. The van der Waals surface area contributed by atoms with Gasteiger partial charge in [-0.1, -0.05) is 20.8 Å². The number of nitrogens with one attached hydrogen (secondary N) is 1. The molecule has 0 bridgehead atoms. The van der Waals surface area contributed by atoms with Crippen molar-refractivity contribution in [2.24, 2.45) is 5.92 Å². The van der Waals surface area contributed by atoms with Gasteiger partial charge in [0.2, 0.25) is 0 Å². The summed E-state index contributed by atoms with van der Waals surface area (Å²) in [7, 11) is 0. The van der Waals surface area contributed by atoms with Crippen molar-refractivity contribution in [2.45, 2.75) is 77.4 Å². The molecule has 0 amide bonds. The maximum absolute atomic E-state index is 6.26. The van der Waals surface area contributed by atoms with Gasteiger partial charge in [-0.05, 0) is 50.5 Å². The number of hydrogen-bond acceptors (Lipinski definition) is 2. The third kappa shape index (κ3) is 4.23. The zero-order chi connectivity index (χ0) is 15.3. The van der Waals surface area contributed by atoms with E-state index in [0.29, 0.717) is 11.9 Å². The molecule has 0 unspecified atom stereocenters. The van der Waals surface area contributed by atoms with E-state index >= 15 is 0 Å². The van der Waals surface area contributed by atoms with Gasteiger partial charge in [-0.2, -0.15) is 5.10 Å². The standard InChI is InChI=1S/C17H30ClN3/c1-4-16(5-2)21-11-8-15(20-21)12-19-17(13-18)9-6-14(3)7-10-17/h8,11,14,16,19H,4-7,9-10,12-13H2,1-3H3. The van der Waals surface area contributed by atoms with Crippen molar-refractivity contribution in [3.05, 3.63) is 18.0 Å². The molecule has 1 N–H and O–H groups in total. The highest BCUT2D eigenvalue weighted by Crippen LogP contribution is 2.33. The Morgan fingerprint density at radius 3 is 2.62 bits per heavy atom. The fourth-order valence-electron chi connectivity index (χ4n) is 3.29. The molecule has 4 heteroatoms. The molecule has 1 aliphatic carbocycles. The van der Waals surface area contributed by atoms with E-state index in [1.54, 1.807) is 0 Å². The van der Waals surface area contributed by atoms with E-state index in [4.69, 9.17) is 16.7 Å². The van der Waals surface area contributed by atoms with Gasteiger partial charge in [0.15, 0.2) is 0 Å². The van der Waals surface area contributed by atoms with Gasteiger partial charge in [-0.25, -0.2) is 0 Å². The SMILES string of the molecule is CCC(CC)n1ccc(CNC2(CCl)CCC(C)CC2)n1. The van der Waals surface area contributed by atoms with Gasteiger partial charge in [0.05, 0.1) is 11.7 Å². The zero-order valence-electron chi connectivity index (χ0n) is 13.7. The summed E-state index contributed by atoms with van der Waals surface area (Å²) in [5.41, 5.74) is 1.25. The Bertz CT molecular complexity index is 417. The highest BCUT2D eigenvalue weighted by atomic mass is 35.5. The van der Waals surface area contributed by atoms with E-state index in [0.717, 1.165) is 31.0 Å². The fraction of sp³-hybridized carbons (Fsp3) is 0.824. The van der Waals surface area contributed by atoms with Crippen LogP contribution in [0.1, 0.15) is 71.0 Å². The first-order chi connectivity index (χ1) is 10.1. The predicted molar refractivity (Wildman–Crippen MR) is 89.8 cm³/mol.